The van der Waals surface area contributed by atoms with Crippen molar-refractivity contribution in [3.8, 4) is 0 Å². The van der Waals surface area contributed by atoms with Gasteiger partial charge in [-0.2, -0.15) is 0 Å². The highest BCUT2D eigenvalue weighted by molar-refractivity contribution is 6.31. The normalized spacial score (nSPS) is 14.8. The number of rotatable bonds is 6. The lowest BCUT2D eigenvalue weighted by molar-refractivity contribution is 0.0383. The summed E-state index contributed by atoms with van der Waals surface area (Å²) in [5, 5.41) is 5.93. The van der Waals surface area contributed by atoms with Crippen LogP contribution in [0.3, 0.4) is 0 Å². The van der Waals surface area contributed by atoms with E-state index in [0.717, 1.165) is 32.8 Å². The lowest BCUT2D eigenvalue weighted by Gasteiger charge is -2.26. The number of aromatic nitrogens is 1. The first kappa shape index (κ1) is 18.6. The van der Waals surface area contributed by atoms with Crippen LogP contribution < -0.4 is 10.6 Å². The number of nitrogens with one attached hydrogen (secondary N) is 2. The topological polar surface area (TPSA) is 66.5 Å². The zero-order chi connectivity index (χ0) is 18.4. The predicted molar refractivity (Wildman–Crippen MR) is 98.5 cm³/mol. The minimum atomic E-state index is -0.478. The van der Waals surface area contributed by atoms with Gasteiger partial charge in [0.1, 0.15) is 11.6 Å². The molecule has 138 valence electrons. The highest BCUT2D eigenvalue weighted by Crippen LogP contribution is 2.21. The van der Waals surface area contributed by atoms with Crippen molar-refractivity contribution in [1.29, 1.82) is 0 Å². The maximum atomic E-state index is 13.2. The molecule has 1 aliphatic heterocycles. The van der Waals surface area contributed by atoms with E-state index in [2.05, 4.69) is 20.5 Å². The van der Waals surface area contributed by atoms with Crippen LogP contribution in [0.1, 0.15) is 10.4 Å². The number of carbonyl (C=O) groups is 1. The summed E-state index contributed by atoms with van der Waals surface area (Å²) < 4.78 is 18.5. The Morgan fingerprint density at radius 2 is 2.08 bits per heavy atom. The maximum Gasteiger partial charge on any atom is 0.252 e. The van der Waals surface area contributed by atoms with Crippen molar-refractivity contribution >= 4 is 29.0 Å². The van der Waals surface area contributed by atoms with Crippen LogP contribution >= 0.6 is 11.6 Å². The number of amides is 1. The second kappa shape index (κ2) is 8.93. The Morgan fingerprint density at radius 3 is 2.77 bits per heavy atom. The van der Waals surface area contributed by atoms with E-state index < -0.39 is 5.82 Å². The van der Waals surface area contributed by atoms with Crippen LogP contribution in [0.25, 0.3) is 0 Å². The number of pyridine rings is 1. The van der Waals surface area contributed by atoms with Gasteiger partial charge >= 0.3 is 0 Å². The smallest absolute Gasteiger partial charge is 0.252 e. The first-order chi connectivity index (χ1) is 12.6. The summed E-state index contributed by atoms with van der Waals surface area (Å²) >= 11 is 5.75. The number of ether oxygens (including phenoxy) is 1. The van der Waals surface area contributed by atoms with Gasteiger partial charge in [-0.3, -0.25) is 9.69 Å². The SMILES string of the molecule is O=C(NCCN1CCOCC1)c1ccc(Nc2ccc(F)c(Cl)c2)nc1. The molecule has 6 nitrogen and oxygen atoms in total. The Labute approximate surface area is 156 Å². The van der Waals surface area contributed by atoms with Gasteiger partial charge < -0.3 is 15.4 Å². The summed E-state index contributed by atoms with van der Waals surface area (Å²) in [4.78, 5) is 18.6. The largest absolute Gasteiger partial charge is 0.379 e. The fourth-order valence-corrected chi connectivity index (χ4v) is 2.76. The van der Waals surface area contributed by atoms with E-state index in [1.54, 1.807) is 18.2 Å². The van der Waals surface area contributed by atoms with Crippen molar-refractivity contribution in [3.05, 3.63) is 52.9 Å². The number of nitrogens with zero attached hydrogens (tertiary/aromatic N) is 2. The molecule has 3 rings (SSSR count). The third kappa shape index (κ3) is 5.14. The molecular formula is C18H20ClFN4O2. The minimum absolute atomic E-state index is 0.0336. The van der Waals surface area contributed by atoms with Crippen LogP contribution in [0.2, 0.25) is 5.02 Å². The van der Waals surface area contributed by atoms with Gasteiger partial charge in [0.2, 0.25) is 0 Å². The molecule has 0 bridgehead atoms. The molecule has 0 saturated carbocycles. The van der Waals surface area contributed by atoms with Gasteiger partial charge in [0.05, 0.1) is 23.8 Å². The number of morpholine rings is 1. The fourth-order valence-electron chi connectivity index (χ4n) is 2.58. The number of halogens is 2. The van der Waals surface area contributed by atoms with Crippen molar-refractivity contribution in [3.63, 3.8) is 0 Å². The number of anilines is 2. The summed E-state index contributed by atoms with van der Waals surface area (Å²) in [5.41, 5.74) is 1.10. The maximum absolute atomic E-state index is 13.2. The molecule has 2 aromatic rings. The number of hydrogen-bond acceptors (Lipinski definition) is 5. The Hall–Kier alpha value is -2.22. The molecule has 1 aromatic carbocycles. The third-order valence-electron chi connectivity index (χ3n) is 4.03. The molecule has 1 aromatic heterocycles. The molecule has 2 heterocycles. The highest BCUT2D eigenvalue weighted by Gasteiger charge is 2.11. The average molecular weight is 379 g/mol. The van der Waals surface area contributed by atoms with Crippen molar-refractivity contribution < 1.29 is 13.9 Å². The Bertz CT molecular complexity index is 751. The molecule has 8 heteroatoms. The van der Waals surface area contributed by atoms with E-state index in [1.165, 1.54) is 18.3 Å². The molecule has 2 N–H and O–H groups in total. The molecule has 1 saturated heterocycles. The van der Waals surface area contributed by atoms with E-state index in [0.29, 0.717) is 23.6 Å². The van der Waals surface area contributed by atoms with Crippen molar-refractivity contribution in [1.82, 2.24) is 15.2 Å². The van der Waals surface area contributed by atoms with Crippen LogP contribution in [0, 0.1) is 5.82 Å². The van der Waals surface area contributed by atoms with Crippen molar-refractivity contribution in [2.75, 3.05) is 44.7 Å². The number of hydrogen-bond donors (Lipinski definition) is 2. The molecular weight excluding hydrogens is 359 g/mol. The van der Waals surface area contributed by atoms with Gasteiger partial charge in [-0.25, -0.2) is 9.37 Å². The summed E-state index contributed by atoms with van der Waals surface area (Å²) in [7, 11) is 0. The molecule has 0 radical (unpaired) electrons. The van der Waals surface area contributed by atoms with Crippen molar-refractivity contribution in [2.45, 2.75) is 0 Å². The van der Waals surface area contributed by atoms with E-state index in [1.807, 2.05) is 0 Å². The Balaban J connectivity index is 1.49. The minimum Gasteiger partial charge on any atom is -0.379 e. The van der Waals surface area contributed by atoms with E-state index in [4.69, 9.17) is 16.3 Å². The van der Waals surface area contributed by atoms with E-state index in [-0.39, 0.29) is 10.9 Å². The predicted octanol–water partition coefficient (Wildman–Crippen LogP) is 2.68. The highest BCUT2D eigenvalue weighted by atomic mass is 35.5. The molecule has 0 atom stereocenters. The Kier molecular flexibility index (Phi) is 6.38. The number of carbonyl (C=O) groups excluding carboxylic acids is 1. The number of benzene rings is 1. The summed E-state index contributed by atoms with van der Waals surface area (Å²) in [6.07, 6.45) is 1.50. The molecule has 26 heavy (non-hydrogen) atoms. The second-order valence-electron chi connectivity index (χ2n) is 5.90. The Morgan fingerprint density at radius 1 is 1.27 bits per heavy atom. The average Bonchev–Trinajstić information content (AvgIpc) is 2.66. The molecule has 1 aliphatic rings. The van der Waals surface area contributed by atoms with Crippen molar-refractivity contribution in [2.24, 2.45) is 0 Å². The summed E-state index contributed by atoms with van der Waals surface area (Å²) in [5.74, 6) is -0.103. The summed E-state index contributed by atoms with van der Waals surface area (Å²) in [6, 6.07) is 7.69. The van der Waals surface area contributed by atoms with E-state index >= 15 is 0 Å². The zero-order valence-corrected chi connectivity index (χ0v) is 14.9. The van der Waals surface area contributed by atoms with Gasteiger partial charge in [0.25, 0.3) is 5.91 Å². The molecule has 0 spiro atoms. The van der Waals surface area contributed by atoms with Crippen LogP contribution in [0.5, 0.6) is 0 Å². The zero-order valence-electron chi connectivity index (χ0n) is 14.2. The van der Waals surface area contributed by atoms with Gasteiger partial charge in [0, 0.05) is 38.1 Å². The van der Waals surface area contributed by atoms with Gasteiger partial charge in [-0.15, -0.1) is 0 Å². The van der Waals surface area contributed by atoms with Crippen LogP contribution in [0.15, 0.2) is 36.5 Å². The fraction of sp³-hybridized carbons (Fsp3) is 0.333. The second-order valence-corrected chi connectivity index (χ2v) is 6.30. The lowest BCUT2D eigenvalue weighted by Crippen LogP contribution is -2.41. The van der Waals surface area contributed by atoms with Gasteiger partial charge in [0.15, 0.2) is 0 Å². The first-order valence-electron chi connectivity index (χ1n) is 8.38. The van der Waals surface area contributed by atoms with Gasteiger partial charge in [-0.1, -0.05) is 11.6 Å². The quantitative estimate of drug-likeness (QED) is 0.809. The van der Waals surface area contributed by atoms with Gasteiger partial charge in [-0.05, 0) is 30.3 Å². The monoisotopic (exact) mass is 378 g/mol. The molecule has 0 aliphatic carbocycles. The first-order valence-corrected chi connectivity index (χ1v) is 8.76. The van der Waals surface area contributed by atoms with Crippen LogP contribution in [-0.4, -0.2) is 55.2 Å². The van der Waals surface area contributed by atoms with Crippen LogP contribution in [0.4, 0.5) is 15.9 Å². The standard InChI is InChI=1S/C18H20ClFN4O2/c19-15-11-14(2-3-16(15)20)23-17-4-1-13(12-22-17)18(25)21-5-6-24-7-9-26-10-8-24/h1-4,11-12H,5-10H2,(H,21,25)(H,22,23). The third-order valence-corrected chi connectivity index (χ3v) is 4.32. The molecule has 1 fully saturated rings. The van der Waals surface area contributed by atoms with E-state index in [9.17, 15) is 9.18 Å². The lowest BCUT2D eigenvalue weighted by atomic mass is 10.2. The van der Waals surface area contributed by atoms with Crippen LogP contribution in [-0.2, 0) is 4.74 Å². The molecule has 1 amide bonds. The molecule has 0 unspecified atom stereocenters. The summed E-state index contributed by atoms with van der Waals surface area (Å²) in [6.45, 7) is 4.65.